The van der Waals surface area contributed by atoms with Crippen LogP contribution < -0.4 is 0 Å². The van der Waals surface area contributed by atoms with Crippen LogP contribution in [0.25, 0.3) is 0 Å². The molecule has 0 heterocycles. The van der Waals surface area contributed by atoms with Gasteiger partial charge in [-0.1, -0.05) is 51.1 Å². The quantitative estimate of drug-likeness (QED) is 0.708. The summed E-state index contributed by atoms with van der Waals surface area (Å²) in [5, 5.41) is 0.192. The third kappa shape index (κ3) is 4.28. The lowest BCUT2D eigenvalue weighted by molar-refractivity contribution is 0.199. The van der Waals surface area contributed by atoms with Crippen LogP contribution in [0.1, 0.15) is 34.6 Å². The van der Waals surface area contributed by atoms with Gasteiger partial charge in [0.1, 0.15) is 0 Å². The zero-order valence-corrected chi connectivity index (χ0v) is 12.9. The van der Waals surface area contributed by atoms with Gasteiger partial charge < -0.3 is 4.43 Å². The Hall–Kier alpha value is -0.603. The van der Waals surface area contributed by atoms with Crippen LogP contribution in [0.3, 0.4) is 0 Å². The van der Waals surface area contributed by atoms with Crippen LogP contribution >= 0.6 is 0 Å². The molecule has 0 radical (unpaired) electrons. The highest BCUT2D eigenvalue weighted by Gasteiger charge is 2.38. The summed E-state index contributed by atoms with van der Waals surface area (Å²) in [6.45, 7) is 13.2. The van der Waals surface area contributed by atoms with Gasteiger partial charge in [-0.05, 0) is 37.0 Å². The molecule has 0 fully saturated rings. The van der Waals surface area contributed by atoms with Gasteiger partial charge in [-0.15, -0.1) is 0 Å². The molecule has 0 bridgehead atoms. The van der Waals surface area contributed by atoms with Gasteiger partial charge in [0.15, 0.2) is 8.32 Å². The Bertz CT molecular complexity index is 370. The van der Waals surface area contributed by atoms with Gasteiger partial charge in [0.25, 0.3) is 0 Å². The van der Waals surface area contributed by atoms with Gasteiger partial charge in [-0.2, -0.15) is 0 Å². The van der Waals surface area contributed by atoms with Crippen molar-refractivity contribution < 1.29 is 5.80 Å². The molecule has 0 saturated carbocycles. The second-order valence-corrected chi connectivity index (χ2v) is 10.9. The van der Waals surface area contributed by atoms with Crippen LogP contribution in [-0.2, 0) is 10.8 Å². The average Bonchev–Trinajstić information content (AvgIpc) is 2.27. The van der Waals surface area contributed by atoms with Gasteiger partial charge in [-0.25, -0.2) is 0 Å². The molecule has 2 atom stereocenters. The van der Waals surface area contributed by atoms with E-state index in [0.29, 0.717) is 0 Å². The largest absolute Gasteiger partial charge is 0.414 e. The smallest absolute Gasteiger partial charge is 0.192 e. The summed E-state index contributed by atoms with van der Waals surface area (Å²) >= 11 is 0. The van der Waals surface area contributed by atoms with E-state index in [0.717, 1.165) is 5.56 Å². The summed E-state index contributed by atoms with van der Waals surface area (Å²) < 4.78 is 14.6. The van der Waals surface area contributed by atoms with Crippen molar-refractivity contribution in [1.82, 2.24) is 0 Å². The van der Waals surface area contributed by atoms with E-state index in [1.807, 2.05) is 37.3 Å². The van der Waals surface area contributed by atoms with Gasteiger partial charge >= 0.3 is 0 Å². The molecule has 0 amide bonds. The number of benzene rings is 1. The van der Waals surface area contributed by atoms with Crippen molar-refractivity contribution in [3.8, 4) is 0 Å². The SMILES string of the molecule is [2H][C@H](c1ccccc1)[C@@H](C)O[Si](C)(C)C(C)(C)C. The second-order valence-electron chi connectivity index (χ2n) is 6.16. The number of rotatable bonds is 4. The highest BCUT2D eigenvalue weighted by molar-refractivity contribution is 6.74. The molecule has 0 aliphatic carbocycles. The molecule has 0 saturated heterocycles. The van der Waals surface area contributed by atoms with E-state index in [2.05, 4.69) is 33.9 Å². The summed E-state index contributed by atoms with van der Waals surface area (Å²) in [7, 11) is -1.78. The van der Waals surface area contributed by atoms with E-state index in [9.17, 15) is 0 Å². The Morgan fingerprint density at radius 1 is 1.24 bits per heavy atom. The minimum Gasteiger partial charge on any atom is -0.414 e. The van der Waals surface area contributed by atoms with Crippen LogP contribution in [-0.4, -0.2) is 14.4 Å². The Labute approximate surface area is 109 Å². The molecule has 0 N–H and O–H groups in total. The van der Waals surface area contributed by atoms with Crippen LogP contribution in [0.2, 0.25) is 18.1 Å². The fourth-order valence-electron chi connectivity index (χ4n) is 1.51. The first kappa shape index (κ1) is 12.8. The zero-order valence-electron chi connectivity index (χ0n) is 12.9. The molecule has 1 nitrogen and oxygen atoms in total. The molecule has 1 aromatic rings. The van der Waals surface area contributed by atoms with Crippen LogP contribution in [0.5, 0.6) is 0 Å². The molecule has 0 unspecified atom stereocenters. The van der Waals surface area contributed by atoms with E-state index >= 15 is 0 Å². The molecular formula is C15H26OSi. The minimum atomic E-state index is -1.78. The fraction of sp³-hybridized carbons (Fsp3) is 0.600. The van der Waals surface area contributed by atoms with Crippen molar-refractivity contribution in [3.63, 3.8) is 0 Å². The summed E-state index contributed by atoms with van der Waals surface area (Å²) in [6, 6.07) is 9.95. The summed E-state index contributed by atoms with van der Waals surface area (Å²) in [6.07, 6.45) is -0.367. The standard InChI is InChI=1S/C15H26OSi/c1-13(12-14-10-8-7-9-11-14)16-17(5,6)15(2,3)4/h7-11,13H,12H2,1-6H3/t13-/m1/s1/i12D/t12-,13+/m0. The minimum absolute atomic E-state index is 0.0618. The van der Waals surface area contributed by atoms with Crippen molar-refractivity contribution in [2.24, 2.45) is 0 Å². The fourth-order valence-corrected chi connectivity index (χ4v) is 2.86. The van der Waals surface area contributed by atoms with E-state index in [1.54, 1.807) is 0 Å². The van der Waals surface area contributed by atoms with Crippen molar-refractivity contribution >= 4 is 8.32 Å². The molecule has 17 heavy (non-hydrogen) atoms. The lowest BCUT2D eigenvalue weighted by atomic mass is 10.1. The monoisotopic (exact) mass is 251 g/mol. The lowest BCUT2D eigenvalue weighted by Gasteiger charge is -2.38. The maximum absolute atomic E-state index is 8.30. The molecule has 0 spiro atoms. The molecule has 2 heteroatoms. The van der Waals surface area contributed by atoms with Crippen molar-refractivity contribution in [2.45, 2.75) is 58.3 Å². The van der Waals surface area contributed by atoms with Crippen LogP contribution in [0.15, 0.2) is 30.3 Å². The Morgan fingerprint density at radius 3 is 2.24 bits per heavy atom. The first-order valence-electron chi connectivity index (χ1n) is 6.88. The Kier molecular flexibility index (Phi) is 4.05. The Morgan fingerprint density at radius 2 is 1.76 bits per heavy atom. The number of hydrogen-bond donors (Lipinski definition) is 0. The summed E-state index contributed by atoms with van der Waals surface area (Å²) in [4.78, 5) is 0. The van der Waals surface area contributed by atoms with Crippen molar-refractivity contribution in [2.75, 3.05) is 0 Å². The molecular weight excluding hydrogens is 224 g/mol. The maximum Gasteiger partial charge on any atom is 0.192 e. The average molecular weight is 251 g/mol. The zero-order chi connectivity index (χ0) is 14.0. The maximum atomic E-state index is 8.30. The van der Waals surface area contributed by atoms with Crippen LogP contribution in [0, 0.1) is 0 Å². The van der Waals surface area contributed by atoms with Crippen molar-refractivity contribution in [3.05, 3.63) is 35.9 Å². The lowest BCUT2D eigenvalue weighted by Crippen LogP contribution is -2.43. The first-order chi connectivity index (χ1) is 8.15. The normalized spacial score (nSPS) is 17.4. The summed E-state index contributed by atoms with van der Waals surface area (Å²) in [5.74, 6) is 0. The number of hydrogen-bond acceptors (Lipinski definition) is 1. The third-order valence-corrected chi connectivity index (χ3v) is 8.09. The molecule has 0 aliphatic heterocycles. The topological polar surface area (TPSA) is 9.23 Å². The van der Waals surface area contributed by atoms with E-state index in [1.165, 1.54) is 0 Å². The van der Waals surface area contributed by atoms with Crippen molar-refractivity contribution in [1.29, 1.82) is 0 Å². The molecule has 0 aromatic heterocycles. The third-order valence-electron chi connectivity index (χ3n) is 3.51. The van der Waals surface area contributed by atoms with E-state index < -0.39 is 8.32 Å². The van der Waals surface area contributed by atoms with Gasteiger partial charge in [0, 0.05) is 7.47 Å². The van der Waals surface area contributed by atoms with Gasteiger partial charge in [0.05, 0.1) is 0 Å². The highest BCUT2D eigenvalue weighted by Crippen LogP contribution is 2.37. The molecule has 1 aromatic carbocycles. The predicted octanol–water partition coefficient (Wildman–Crippen LogP) is 4.64. The highest BCUT2D eigenvalue weighted by atomic mass is 28.4. The van der Waals surface area contributed by atoms with E-state index in [4.69, 9.17) is 5.80 Å². The van der Waals surface area contributed by atoms with Gasteiger partial charge in [0.2, 0.25) is 0 Å². The molecule has 96 valence electrons. The first-order valence-corrected chi connectivity index (χ1v) is 9.21. The van der Waals surface area contributed by atoms with E-state index in [-0.39, 0.29) is 17.5 Å². The molecule has 0 aliphatic rings. The predicted molar refractivity (Wildman–Crippen MR) is 77.9 cm³/mol. The summed E-state index contributed by atoms with van der Waals surface area (Å²) in [5.41, 5.74) is 1.03. The van der Waals surface area contributed by atoms with Crippen LogP contribution in [0.4, 0.5) is 0 Å². The Balaban J connectivity index is 2.75. The van der Waals surface area contributed by atoms with Gasteiger partial charge in [-0.3, -0.25) is 0 Å². The molecule has 1 rings (SSSR count). The second kappa shape index (κ2) is 5.36.